The van der Waals surface area contributed by atoms with Gasteiger partial charge in [-0.05, 0) is 74.2 Å². The number of anilines is 2. The van der Waals surface area contributed by atoms with E-state index in [0.717, 1.165) is 21.8 Å². The summed E-state index contributed by atoms with van der Waals surface area (Å²) in [5, 5.41) is 7.82. The molecule has 0 spiro atoms. The van der Waals surface area contributed by atoms with Gasteiger partial charge in [0.15, 0.2) is 0 Å². The van der Waals surface area contributed by atoms with E-state index in [9.17, 15) is 4.79 Å². The first-order valence-corrected chi connectivity index (χ1v) is 11.6. The molecule has 0 unspecified atom stereocenters. The van der Waals surface area contributed by atoms with Gasteiger partial charge in [0.05, 0.1) is 6.04 Å². The lowest BCUT2D eigenvalue weighted by atomic mass is 9.95. The molecule has 1 aromatic heterocycles. The molecule has 4 rings (SSSR count). The fourth-order valence-electron chi connectivity index (χ4n) is 3.82. The molecule has 1 heterocycles. The second-order valence-corrected chi connectivity index (χ2v) is 9.36. The first kappa shape index (κ1) is 21.8. The third kappa shape index (κ3) is 4.61. The first-order valence-electron chi connectivity index (χ1n) is 10.8. The molecule has 0 aliphatic heterocycles. The van der Waals surface area contributed by atoms with Crippen molar-refractivity contribution in [1.82, 2.24) is 0 Å². The van der Waals surface area contributed by atoms with Gasteiger partial charge in [-0.2, -0.15) is 0 Å². The smallest absolute Gasteiger partial charge is 0.256 e. The van der Waals surface area contributed by atoms with Crippen LogP contribution in [0.1, 0.15) is 49.1 Å². The Morgan fingerprint density at radius 1 is 0.812 bits per heavy atom. The van der Waals surface area contributed by atoms with Crippen molar-refractivity contribution in [3.05, 3.63) is 117 Å². The Kier molecular flexibility index (Phi) is 6.42. The average molecular weight is 441 g/mol. The van der Waals surface area contributed by atoms with Crippen LogP contribution in [0.2, 0.25) is 0 Å². The van der Waals surface area contributed by atoms with Crippen LogP contribution in [0.5, 0.6) is 0 Å². The topological polar surface area (TPSA) is 41.1 Å². The third-order valence-corrected chi connectivity index (χ3v) is 7.07. The maximum Gasteiger partial charge on any atom is 0.256 e. The van der Waals surface area contributed by atoms with Gasteiger partial charge in [-0.1, -0.05) is 54.6 Å². The fourth-order valence-corrected chi connectivity index (χ4v) is 4.91. The molecule has 3 aromatic carbocycles. The molecule has 1 amide bonds. The zero-order chi connectivity index (χ0) is 22.7. The van der Waals surface area contributed by atoms with Crippen molar-refractivity contribution in [2.24, 2.45) is 0 Å². The largest absolute Gasteiger partial charge is 0.374 e. The summed E-state index contributed by atoms with van der Waals surface area (Å²) in [6.45, 7) is 8.50. The molecule has 0 fully saturated rings. The number of hydrogen-bond acceptors (Lipinski definition) is 3. The van der Waals surface area contributed by atoms with Crippen LogP contribution in [0.25, 0.3) is 0 Å². The van der Waals surface area contributed by atoms with Crippen molar-refractivity contribution in [1.29, 1.82) is 0 Å². The molecule has 2 N–H and O–H groups in total. The van der Waals surface area contributed by atoms with Crippen molar-refractivity contribution in [3.8, 4) is 0 Å². The maximum absolute atomic E-state index is 13.0. The Labute approximate surface area is 194 Å². The number of carbonyl (C=O) groups is 1. The Morgan fingerprint density at radius 2 is 1.47 bits per heavy atom. The lowest BCUT2D eigenvalue weighted by Gasteiger charge is -2.23. The lowest BCUT2D eigenvalue weighted by Crippen LogP contribution is -2.17. The molecule has 1 atom stereocenters. The molecule has 3 nitrogen and oxygen atoms in total. The van der Waals surface area contributed by atoms with E-state index in [1.807, 2.05) is 36.4 Å². The van der Waals surface area contributed by atoms with Gasteiger partial charge in [-0.25, -0.2) is 0 Å². The maximum atomic E-state index is 13.0. The highest BCUT2D eigenvalue weighted by Gasteiger charge is 2.25. The number of nitrogens with one attached hydrogen (secondary N) is 2. The monoisotopic (exact) mass is 440 g/mol. The summed E-state index contributed by atoms with van der Waals surface area (Å²) < 4.78 is 0. The van der Waals surface area contributed by atoms with Gasteiger partial charge >= 0.3 is 0 Å². The minimum Gasteiger partial charge on any atom is -0.374 e. The average Bonchev–Trinajstić information content (AvgIpc) is 3.08. The third-order valence-electron chi connectivity index (χ3n) is 5.93. The van der Waals surface area contributed by atoms with E-state index in [1.54, 1.807) is 11.3 Å². The molecular weight excluding hydrogens is 412 g/mol. The number of thiophene rings is 1. The van der Waals surface area contributed by atoms with Gasteiger partial charge in [0.2, 0.25) is 0 Å². The van der Waals surface area contributed by atoms with Crippen molar-refractivity contribution >= 4 is 27.9 Å². The zero-order valence-corrected chi connectivity index (χ0v) is 19.7. The van der Waals surface area contributed by atoms with Crippen LogP contribution in [0.15, 0.2) is 78.9 Å². The second kappa shape index (κ2) is 9.41. The van der Waals surface area contributed by atoms with Gasteiger partial charge < -0.3 is 10.6 Å². The van der Waals surface area contributed by atoms with E-state index in [2.05, 4.69) is 80.8 Å². The van der Waals surface area contributed by atoms with E-state index < -0.39 is 0 Å². The summed E-state index contributed by atoms with van der Waals surface area (Å²) in [6.07, 6.45) is 0. The predicted octanol–water partition coefficient (Wildman–Crippen LogP) is 7.44. The number of carbonyl (C=O) groups excluding carboxylic acids is 1. The van der Waals surface area contributed by atoms with E-state index in [4.69, 9.17) is 0 Å². The Morgan fingerprint density at radius 3 is 2.12 bits per heavy atom. The van der Waals surface area contributed by atoms with Crippen LogP contribution >= 0.6 is 11.3 Å². The first-order chi connectivity index (χ1) is 15.4. The molecular formula is C28H28N2OS. The summed E-state index contributed by atoms with van der Waals surface area (Å²) in [5.41, 5.74) is 7.69. The molecule has 32 heavy (non-hydrogen) atoms. The van der Waals surface area contributed by atoms with Gasteiger partial charge in [0.1, 0.15) is 5.00 Å². The molecule has 0 aliphatic carbocycles. The summed E-state index contributed by atoms with van der Waals surface area (Å²) in [6, 6.07) is 26.1. The number of benzene rings is 3. The highest BCUT2D eigenvalue weighted by molar-refractivity contribution is 7.16. The number of amides is 1. The molecule has 0 saturated heterocycles. The van der Waals surface area contributed by atoms with Crippen molar-refractivity contribution in [2.45, 2.75) is 33.7 Å². The Bertz CT molecular complexity index is 1230. The van der Waals surface area contributed by atoms with E-state index in [-0.39, 0.29) is 11.9 Å². The Hall–Kier alpha value is -3.37. The summed E-state index contributed by atoms with van der Waals surface area (Å²) in [5.74, 6) is -0.0916. The van der Waals surface area contributed by atoms with E-state index in [1.165, 1.54) is 21.6 Å². The molecule has 4 heteroatoms. The second-order valence-electron chi connectivity index (χ2n) is 8.13. The van der Waals surface area contributed by atoms with Gasteiger partial charge in [0.25, 0.3) is 5.91 Å². The molecule has 4 aromatic rings. The molecule has 0 bridgehead atoms. The van der Waals surface area contributed by atoms with Gasteiger partial charge in [0, 0.05) is 21.7 Å². The Balaban J connectivity index is 1.77. The summed E-state index contributed by atoms with van der Waals surface area (Å²) >= 11 is 1.63. The minimum atomic E-state index is -0.0916. The molecule has 0 radical (unpaired) electrons. The van der Waals surface area contributed by atoms with Gasteiger partial charge in [-0.3, -0.25) is 4.79 Å². The number of aryl methyl sites for hydroxylation is 3. The summed E-state index contributed by atoms with van der Waals surface area (Å²) in [4.78, 5) is 14.2. The normalized spacial score (nSPS) is 11.8. The fraction of sp³-hybridized carbons (Fsp3) is 0.179. The number of rotatable bonds is 6. The van der Waals surface area contributed by atoms with Crippen LogP contribution in [0.4, 0.5) is 10.7 Å². The van der Waals surface area contributed by atoms with Crippen LogP contribution in [-0.4, -0.2) is 5.91 Å². The molecule has 0 aliphatic rings. The SMILES string of the molecule is Cc1ccc(N[C@H](c2ccccc2)c2c(NC(=O)c3ccccc3)sc(C)c2C)cc1C. The van der Waals surface area contributed by atoms with Crippen LogP contribution in [-0.2, 0) is 0 Å². The number of hydrogen-bond donors (Lipinski definition) is 2. The van der Waals surface area contributed by atoms with Crippen molar-refractivity contribution < 1.29 is 4.79 Å². The van der Waals surface area contributed by atoms with Crippen molar-refractivity contribution in [2.75, 3.05) is 10.6 Å². The highest BCUT2D eigenvalue weighted by atomic mass is 32.1. The molecule has 0 saturated carbocycles. The van der Waals surface area contributed by atoms with E-state index in [0.29, 0.717) is 5.56 Å². The van der Waals surface area contributed by atoms with Crippen LogP contribution in [0.3, 0.4) is 0 Å². The predicted molar refractivity (Wildman–Crippen MR) is 136 cm³/mol. The highest BCUT2D eigenvalue weighted by Crippen LogP contribution is 2.41. The summed E-state index contributed by atoms with van der Waals surface area (Å²) in [7, 11) is 0. The quantitative estimate of drug-likeness (QED) is 0.327. The van der Waals surface area contributed by atoms with Crippen LogP contribution in [0, 0.1) is 27.7 Å². The van der Waals surface area contributed by atoms with Crippen molar-refractivity contribution in [3.63, 3.8) is 0 Å². The lowest BCUT2D eigenvalue weighted by molar-refractivity contribution is 0.102. The minimum absolute atomic E-state index is 0.0886. The van der Waals surface area contributed by atoms with Gasteiger partial charge in [-0.15, -0.1) is 11.3 Å². The standard InChI is InChI=1S/C28H28N2OS/c1-18-15-16-24(17-19(18)2)29-26(22-11-7-5-8-12-22)25-20(3)21(4)32-28(25)30-27(31)23-13-9-6-10-14-23/h5-17,26,29H,1-4H3,(H,30,31)/t26-/m1/s1. The van der Waals surface area contributed by atoms with Crippen LogP contribution < -0.4 is 10.6 Å². The zero-order valence-electron chi connectivity index (χ0n) is 18.9. The molecule has 162 valence electrons. The van der Waals surface area contributed by atoms with E-state index >= 15 is 0 Å².